The number of aryl methyl sites for hydroxylation is 1. The number of halogens is 1. The molecule has 3 rings (SSSR count). The molecule has 0 spiro atoms. The summed E-state index contributed by atoms with van der Waals surface area (Å²) < 4.78 is 1.91. The van der Waals surface area contributed by atoms with Gasteiger partial charge in [-0.1, -0.05) is 6.92 Å². The molecule has 1 atom stereocenters. The molecular weight excluding hydrogens is 346 g/mol. The van der Waals surface area contributed by atoms with Gasteiger partial charge in [0, 0.05) is 31.1 Å². The Morgan fingerprint density at radius 2 is 2.42 bits per heavy atom. The van der Waals surface area contributed by atoms with Gasteiger partial charge in [-0.05, 0) is 31.9 Å². The molecule has 8 heteroatoms. The number of nitrogens with one attached hydrogen (secondary N) is 2. The third kappa shape index (κ3) is 4.78. The molecule has 2 N–H and O–H groups in total. The van der Waals surface area contributed by atoms with Crippen LogP contribution in [0.4, 0.5) is 0 Å². The number of carbonyl (C=O) groups is 1. The van der Waals surface area contributed by atoms with E-state index < -0.39 is 0 Å². The van der Waals surface area contributed by atoms with E-state index in [1.165, 1.54) is 0 Å². The van der Waals surface area contributed by atoms with Crippen molar-refractivity contribution in [3.63, 3.8) is 0 Å². The first-order valence-corrected chi connectivity index (χ1v) is 9.11. The average molecular weight is 370 g/mol. The lowest BCUT2D eigenvalue weighted by Gasteiger charge is -2.22. The van der Waals surface area contributed by atoms with Gasteiger partial charge in [0.1, 0.15) is 5.69 Å². The van der Waals surface area contributed by atoms with Crippen molar-refractivity contribution in [2.24, 2.45) is 0 Å². The van der Waals surface area contributed by atoms with Crippen LogP contribution in [0.1, 0.15) is 47.0 Å². The Hall–Kier alpha value is -1.44. The van der Waals surface area contributed by atoms with E-state index in [4.69, 9.17) is 0 Å². The molecule has 6 nitrogen and oxygen atoms in total. The predicted molar refractivity (Wildman–Crippen MR) is 98.1 cm³/mol. The highest BCUT2D eigenvalue weighted by Gasteiger charge is 2.17. The van der Waals surface area contributed by atoms with Crippen LogP contribution < -0.4 is 10.6 Å². The van der Waals surface area contributed by atoms with Gasteiger partial charge in [-0.15, -0.1) is 23.7 Å². The number of carbonyl (C=O) groups excluding carboxylic acids is 1. The first kappa shape index (κ1) is 18.9. The minimum Gasteiger partial charge on any atom is -0.350 e. The van der Waals surface area contributed by atoms with Gasteiger partial charge in [-0.2, -0.15) is 5.10 Å². The molecule has 0 bridgehead atoms. The molecule has 1 fully saturated rings. The molecule has 0 aliphatic carbocycles. The van der Waals surface area contributed by atoms with Gasteiger partial charge in [0.05, 0.1) is 16.7 Å². The van der Waals surface area contributed by atoms with Crippen LogP contribution in [0.3, 0.4) is 0 Å². The van der Waals surface area contributed by atoms with Crippen molar-refractivity contribution >= 4 is 29.7 Å². The highest BCUT2D eigenvalue weighted by atomic mass is 35.5. The Morgan fingerprint density at radius 1 is 1.54 bits per heavy atom. The number of amides is 1. The van der Waals surface area contributed by atoms with Gasteiger partial charge in [0.15, 0.2) is 0 Å². The number of piperidine rings is 1. The Bertz CT molecular complexity index is 650. The van der Waals surface area contributed by atoms with Crippen LogP contribution in [0.2, 0.25) is 0 Å². The predicted octanol–water partition coefficient (Wildman–Crippen LogP) is 2.22. The van der Waals surface area contributed by atoms with Crippen LogP contribution in [0, 0.1) is 0 Å². The topological polar surface area (TPSA) is 71.8 Å². The van der Waals surface area contributed by atoms with Crippen molar-refractivity contribution in [3.8, 4) is 0 Å². The van der Waals surface area contributed by atoms with E-state index in [2.05, 4.69) is 33.0 Å². The lowest BCUT2D eigenvalue weighted by atomic mass is 10.1. The molecule has 1 aliphatic heterocycles. The largest absolute Gasteiger partial charge is 0.350 e. The summed E-state index contributed by atoms with van der Waals surface area (Å²) in [6, 6.07) is 2.15. The Morgan fingerprint density at radius 3 is 3.12 bits per heavy atom. The molecule has 24 heavy (non-hydrogen) atoms. The lowest BCUT2D eigenvalue weighted by molar-refractivity contribution is 0.0947. The maximum absolute atomic E-state index is 12.2. The fraction of sp³-hybridized carbons (Fsp3) is 0.562. The summed E-state index contributed by atoms with van der Waals surface area (Å²) in [5.41, 5.74) is 1.54. The molecule has 1 unspecified atom stereocenters. The molecule has 0 aromatic carbocycles. The van der Waals surface area contributed by atoms with Gasteiger partial charge < -0.3 is 10.6 Å². The monoisotopic (exact) mass is 369 g/mol. The summed E-state index contributed by atoms with van der Waals surface area (Å²) in [4.78, 5) is 16.7. The zero-order chi connectivity index (χ0) is 16.1. The van der Waals surface area contributed by atoms with Crippen LogP contribution >= 0.6 is 23.7 Å². The summed E-state index contributed by atoms with van der Waals surface area (Å²) in [5.74, 6) is -0.113. The number of hydrogen-bond acceptors (Lipinski definition) is 5. The highest BCUT2D eigenvalue weighted by Crippen LogP contribution is 2.15. The maximum Gasteiger partial charge on any atom is 0.271 e. The fourth-order valence-electron chi connectivity index (χ4n) is 2.74. The van der Waals surface area contributed by atoms with E-state index >= 15 is 0 Å². The molecular formula is C16H24ClN5OS. The van der Waals surface area contributed by atoms with E-state index in [1.807, 2.05) is 10.9 Å². The van der Waals surface area contributed by atoms with E-state index in [-0.39, 0.29) is 18.3 Å². The van der Waals surface area contributed by atoms with Crippen LogP contribution in [-0.2, 0) is 12.8 Å². The van der Waals surface area contributed by atoms with Crippen molar-refractivity contribution in [1.82, 2.24) is 25.4 Å². The average Bonchev–Trinajstić information content (AvgIpc) is 3.25. The van der Waals surface area contributed by atoms with Crippen molar-refractivity contribution in [2.75, 3.05) is 19.6 Å². The SMILES string of the molecule is CCc1nc(CCNC(=O)c2ccn(C3CCCNC3)n2)cs1.Cl. The number of aromatic nitrogens is 3. The molecule has 1 amide bonds. The third-order valence-electron chi connectivity index (χ3n) is 4.05. The van der Waals surface area contributed by atoms with E-state index in [9.17, 15) is 4.79 Å². The summed E-state index contributed by atoms with van der Waals surface area (Å²) in [5, 5.41) is 13.9. The van der Waals surface area contributed by atoms with Crippen molar-refractivity contribution in [1.29, 1.82) is 0 Å². The zero-order valence-electron chi connectivity index (χ0n) is 13.8. The number of hydrogen-bond donors (Lipinski definition) is 2. The molecule has 1 aliphatic rings. The molecule has 2 aromatic heterocycles. The highest BCUT2D eigenvalue weighted by molar-refractivity contribution is 7.09. The molecule has 132 valence electrons. The Balaban J connectivity index is 0.00000208. The first-order chi connectivity index (χ1) is 11.3. The van der Waals surface area contributed by atoms with Crippen molar-refractivity contribution in [3.05, 3.63) is 34.0 Å². The summed E-state index contributed by atoms with van der Waals surface area (Å²) >= 11 is 1.68. The van der Waals surface area contributed by atoms with Gasteiger partial charge >= 0.3 is 0 Å². The number of nitrogens with zero attached hydrogens (tertiary/aromatic N) is 3. The van der Waals surface area contributed by atoms with Gasteiger partial charge in [0.25, 0.3) is 5.91 Å². The molecule has 1 saturated heterocycles. The van der Waals surface area contributed by atoms with Crippen LogP contribution in [0.5, 0.6) is 0 Å². The smallest absolute Gasteiger partial charge is 0.271 e. The molecule has 2 aromatic rings. The van der Waals surface area contributed by atoms with Gasteiger partial charge in [-0.25, -0.2) is 4.98 Å². The molecule has 0 saturated carbocycles. The Kier molecular flexibility index (Phi) is 7.20. The van der Waals surface area contributed by atoms with Gasteiger partial charge in [0.2, 0.25) is 0 Å². The van der Waals surface area contributed by atoms with Crippen LogP contribution in [-0.4, -0.2) is 40.3 Å². The molecule has 3 heterocycles. The number of thiazole rings is 1. The van der Waals surface area contributed by atoms with Gasteiger partial charge in [-0.3, -0.25) is 9.48 Å². The minimum absolute atomic E-state index is 0. The fourth-order valence-corrected chi connectivity index (χ4v) is 3.52. The van der Waals surface area contributed by atoms with Crippen molar-refractivity contribution < 1.29 is 4.79 Å². The second-order valence-corrected chi connectivity index (χ2v) is 6.72. The number of rotatable bonds is 6. The van der Waals surface area contributed by atoms with E-state index in [1.54, 1.807) is 17.4 Å². The summed E-state index contributed by atoms with van der Waals surface area (Å²) in [6.45, 7) is 4.68. The van der Waals surface area contributed by atoms with Crippen LogP contribution in [0.15, 0.2) is 17.6 Å². The molecule has 0 radical (unpaired) electrons. The standard InChI is InChI=1S/C16H23N5OS.ClH/c1-2-15-19-12(11-23-15)5-8-18-16(22)14-6-9-21(20-14)13-4-3-7-17-10-13;/h6,9,11,13,17H,2-5,7-8,10H2,1H3,(H,18,22);1H. The second-order valence-electron chi connectivity index (χ2n) is 5.77. The van der Waals surface area contributed by atoms with Crippen molar-refractivity contribution in [2.45, 2.75) is 38.6 Å². The minimum atomic E-state index is -0.113. The second kappa shape index (κ2) is 9.15. The third-order valence-corrected chi connectivity index (χ3v) is 5.10. The Labute approximate surface area is 152 Å². The zero-order valence-corrected chi connectivity index (χ0v) is 15.5. The van der Waals surface area contributed by atoms with E-state index in [0.29, 0.717) is 18.3 Å². The lowest BCUT2D eigenvalue weighted by Crippen LogP contribution is -2.32. The normalized spacial score (nSPS) is 17.3. The quantitative estimate of drug-likeness (QED) is 0.819. The van der Waals surface area contributed by atoms with E-state index in [0.717, 1.165) is 49.5 Å². The summed E-state index contributed by atoms with van der Waals surface area (Å²) in [7, 11) is 0. The first-order valence-electron chi connectivity index (χ1n) is 8.23. The van der Waals surface area contributed by atoms with Crippen LogP contribution in [0.25, 0.3) is 0 Å². The maximum atomic E-state index is 12.2. The summed E-state index contributed by atoms with van der Waals surface area (Å²) in [6.07, 6.45) is 5.89.